The van der Waals surface area contributed by atoms with Gasteiger partial charge in [0.25, 0.3) is 5.91 Å². The third-order valence-corrected chi connectivity index (χ3v) is 3.93. The van der Waals surface area contributed by atoms with E-state index in [0.29, 0.717) is 0 Å². The average molecular weight is 373 g/mol. The van der Waals surface area contributed by atoms with Gasteiger partial charge in [0.15, 0.2) is 6.10 Å². The van der Waals surface area contributed by atoms with Gasteiger partial charge >= 0.3 is 12.1 Å². The van der Waals surface area contributed by atoms with Crippen molar-refractivity contribution in [2.75, 3.05) is 7.11 Å². The highest BCUT2D eigenvalue weighted by Gasteiger charge is 2.19. The molecule has 7 heteroatoms. The van der Waals surface area contributed by atoms with E-state index in [1.807, 2.05) is 29.6 Å². The van der Waals surface area contributed by atoms with E-state index in [1.54, 1.807) is 6.08 Å². The zero-order valence-electron chi connectivity index (χ0n) is 15.6. The first-order valence-electron chi connectivity index (χ1n) is 8.74. The number of unbranched alkanes of at least 4 members (excludes halogenated alkanes) is 1. The number of carbonyl (C=O) groups excluding carboxylic acids is 3. The Kier molecular flexibility index (Phi) is 7.16. The topological polar surface area (TPSA) is 94.8 Å². The third kappa shape index (κ3) is 5.44. The summed E-state index contributed by atoms with van der Waals surface area (Å²) in [5.74, 6) is -0.659. The van der Waals surface area contributed by atoms with Gasteiger partial charge in [-0.1, -0.05) is 31.5 Å². The molecule has 2 amide bonds. The SMILES string of the molecule is CCCCc1oc2ccccc2c1/C=C/C(=O)O[C@H](C)C(=O)NC(=O)OC. The maximum atomic E-state index is 12.0. The van der Waals surface area contributed by atoms with Crippen molar-refractivity contribution in [1.82, 2.24) is 5.32 Å². The van der Waals surface area contributed by atoms with E-state index in [0.717, 1.165) is 48.7 Å². The molecular weight excluding hydrogens is 350 g/mol. The van der Waals surface area contributed by atoms with Crippen LogP contribution in [0.4, 0.5) is 4.79 Å². The first-order chi connectivity index (χ1) is 13.0. The lowest BCUT2D eigenvalue weighted by Crippen LogP contribution is -2.39. The number of alkyl carbamates (subject to hydrolysis) is 1. The molecule has 144 valence electrons. The van der Waals surface area contributed by atoms with E-state index in [-0.39, 0.29) is 0 Å². The monoisotopic (exact) mass is 373 g/mol. The van der Waals surface area contributed by atoms with Crippen LogP contribution in [0.15, 0.2) is 34.8 Å². The van der Waals surface area contributed by atoms with Crippen molar-refractivity contribution in [1.29, 1.82) is 0 Å². The number of esters is 1. The van der Waals surface area contributed by atoms with Crippen LogP contribution >= 0.6 is 0 Å². The van der Waals surface area contributed by atoms with Gasteiger partial charge < -0.3 is 13.9 Å². The van der Waals surface area contributed by atoms with Crippen molar-refractivity contribution in [2.24, 2.45) is 0 Å². The first-order valence-corrected chi connectivity index (χ1v) is 8.74. The van der Waals surface area contributed by atoms with Crippen molar-refractivity contribution in [3.63, 3.8) is 0 Å². The smallest absolute Gasteiger partial charge is 0.413 e. The molecule has 1 aromatic carbocycles. The van der Waals surface area contributed by atoms with Crippen LogP contribution in [0.25, 0.3) is 17.0 Å². The van der Waals surface area contributed by atoms with E-state index < -0.39 is 24.1 Å². The summed E-state index contributed by atoms with van der Waals surface area (Å²) in [6.07, 6.45) is 3.58. The Labute approximate surface area is 157 Å². The minimum absolute atomic E-state index is 0.700. The summed E-state index contributed by atoms with van der Waals surface area (Å²) in [6.45, 7) is 3.46. The lowest BCUT2D eigenvalue weighted by Gasteiger charge is -2.10. The number of aryl methyl sites for hydroxylation is 1. The molecule has 0 aliphatic rings. The molecule has 0 aliphatic heterocycles. The summed E-state index contributed by atoms with van der Waals surface area (Å²) in [6, 6.07) is 7.58. The number of para-hydroxylation sites is 1. The quantitative estimate of drug-likeness (QED) is 0.588. The van der Waals surface area contributed by atoms with Crippen LogP contribution in [0.1, 0.15) is 38.0 Å². The number of furan rings is 1. The number of carbonyl (C=O) groups is 3. The van der Waals surface area contributed by atoms with Gasteiger partial charge in [-0.25, -0.2) is 9.59 Å². The summed E-state index contributed by atoms with van der Waals surface area (Å²) in [7, 11) is 1.13. The normalized spacial score (nSPS) is 12.1. The maximum Gasteiger partial charge on any atom is 0.413 e. The Bertz CT molecular complexity index is 851. The highest BCUT2D eigenvalue weighted by Crippen LogP contribution is 2.28. The molecule has 0 saturated heterocycles. The molecule has 2 rings (SSSR count). The molecule has 0 bridgehead atoms. The number of fused-ring (bicyclic) bond motifs is 1. The van der Waals surface area contributed by atoms with Gasteiger partial charge in [0.2, 0.25) is 0 Å². The second kappa shape index (κ2) is 9.56. The number of rotatable bonds is 7. The van der Waals surface area contributed by atoms with Gasteiger partial charge in [-0.2, -0.15) is 0 Å². The van der Waals surface area contributed by atoms with Gasteiger partial charge in [-0.15, -0.1) is 0 Å². The molecule has 0 aliphatic carbocycles. The highest BCUT2D eigenvalue weighted by molar-refractivity contribution is 5.97. The number of ether oxygens (including phenoxy) is 2. The van der Waals surface area contributed by atoms with Crippen molar-refractivity contribution in [3.8, 4) is 0 Å². The van der Waals surface area contributed by atoms with Crippen LogP contribution in [0, 0.1) is 0 Å². The largest absolute Gasteiger partial charge is 0.460 e. The fourth-order valence-electron chi connectivity index (χ4n) is 2.49. The van der Waals surface area contributed by atoms with Gasteiger partial charge in [0, 0.05) is 23.4 Å². The van der Waals surface area contributed by atoms with Crippen LogP contribution in [0.3, 0.4) is 0 Å². The van der Waals surface area contributed by atoms with Crippen molar-refractivity contribution < 1.29 is 28.3 Å². The predicted molar refractivity (Wildman–Crippen MR) is 100.0 cm³/mol. The molecule has 27 heavy (non-hydrogen) atoms. The molecule has 0 radical (unpaired) electrons. The first kappa shape index (κ1) is 20.2. The lowest BCUT2D eigenvalue weighted by atomic mass is 10.1. The Morgan fingerprint density at radius 3 is 2.70 bits per heavy atom. The van der Waals surface area contributed by atoms with Crippen molar-refractivity contribution in [3.05, 3.63) is 41.7 Å². The summed E-state index contributed by atoms with van der Waals surface area (Å²) in [5, 5.41) is 2.85. The van der Waals surface area contributed by atoms with Crippen molar-refractivity contribution >= 4 is 35.0 Å². The van der Waals surface area contributed by atoms with Crippen LogP contribution in [-0.2, 0) is 25.5 Å². The van der Waals surface area contributed by atoms with Gasteiger partial charge in [-0.3, -0.25) is 10.1 Å². The summed E-state index contributed by atoms with van der Waals surface area (Å²) in [4.78, 5) is 34.8. The number of imide groups is 1. The molecule has 0 saturated carbocycles. The van der Waals surface area contributed by atoms with E-state index in [2.05, 4.69) is 11.7 Å². The van der Waals surface area contributed by atoms with Gasteiger partial charge in [0.1, 0.15) is 11.3 Å². The average Bonchev–Trinajstić information content (AvgIpc) is 3.01. The Morgan fingerprint density at radius 2 is 2.00 bits per heavy atom. The number of methoxy groups -OCH3 is 1. The molecule has 2 aromatic rings. The number of hydrogen-bond acceptors (Lipinski definition) is 6. The van der Waals surface area contributed by atoms with E-state index in [4.69, 9.17) is 9.15 Å². The summed E-state index contributed by atoms with van der Waals surface area (Å²) >= 11 is 0. The second-order valence-corrected chi connectivity index (χ2v) is 5.93. The predicted octanol–water partition coefficient (Wildman–Crippen LogP) is 3.60. The molecule has 7 nitrogen and oxygen atoms in total. The van der Waals surface area contributed by atoms with Crippen LogP contribution < -0.4 is 5.32 Å². The second-order valence-electron chi connectivity index (χ2n) is 5.93. The van der Waals surface area contributed by atoms with E-state index >= 15 is 0 Å². The molecule has 0 unspecified atom stereocenters. The van der Waals surface area contributed by atoms with E-state index in [1.165, 1.54) is 13.0 Å². The minimum Gasteiger partial charge on any atom is -0.460 e. The fourth-order valence-corrected chi connectivity index (χ4v) is 2.49. The lowest BCUT2D eigenvalue weighted by molar-refractivity contribution is -0.149. The third-order valence-electron chi connectivity index (χ3n) is 3.93. The maximum absolute atomic E-state index is 12.0. The number of benzene rings is 1. The Balaban J connectivity index is 2.11. The highest BCUT2D eigenvalue weighted by atomic mass is 16.6. The summed E-state index contributed by atoms with van der Waals surface area (Å²) in [5.41, 5.74) is 1.57. The zero-order valence-corrected chi connectivity index (χ0v) is 15.6. The number of hydrogen-bond donors (Lipinski definition) is 1. The van der Waals surface area contributed by atoms with Crippen LogP contribution in [-0.4, -0.2) is 31.2 Å². The standard InChI is InChI=1S/C20H23NO6/c1-4-5-9-16-15(14-8-6-7-10-17(14)27-16)11-12-18(22)26-13(2)19(23)21-20(24)25-3/h6-8,10-13H,4-5,9H2,1-3H3,(H,21,23,24)/b12-11+/t13-/m1/s1. The van der Waals surface area contributed by atoms with Crippen molar-refractivity contribution in [2.45, 2.75) is 39.2 Å². The Hall–Kier alpha value is -3.09. The zero-order chi connectivity index (χ0) is 19.8. The van der Waals surface area contributed by atoms with E-state index in [9.17, 15) is 14.4 Å². The van der Waals surface area contributed by atoms with Gasteiger partial charge in [-0.05, 0) is 25.5 Å². The molecule has 1 heterocycles. The number of amides is 2. The van der Waals surface area contributed by atoms with Gasteiger partial charge in [0.05, 0.1) is 7.11 Å². The minimum atomic E-state index is -1.14. The molecular formula is C20H23NO6. The molecule has 1 N–H and O–H groups in total. The summed E-state index contributed by atoms with van der Waals surface area (Å²) < 4.78 is 15.2. The molecule has 1 aromatic heterocycles. The molecule has 1 atom stereocenters. The Morgan fingerprint density at radius 1 is 1.26 bits per heavy atom. The van der Waals surface area contributed by atoms with Crippen LogP contribution in [0.2, 0.25) is 0 Å². The molecule has 0 spiro atoms. The van der Waals surface area contributed by atoms with Crippen LogP contribution in [0.5, 0.6) is 0 Å². The number of nitrogens with one attached hydrogen (secondary N) is 1. The fraction of sp³-hybridized carbons (Fsp3) is 0.350. The molecule has 0 fully saturated rings.